The molecule has 3 unspecified atom stereocenters. The van der Waals surface area contributed by atoms with Crippen LogP contribution in [0.1, 0.15) is 12.8 Å². The van der Waals surface area contributed by atoms with E-state index in [1.807, 2.05) is 0 Å². The van der Waals surface area contributed by atoms with Crippen molar-refractivity contribution >= 4 is 0 Å². The van der Waals surface area contributed by atoms with Crippen LogP contribution in [-0.2, 0) is 0 Å². The molecule has 0 nitrogen and oxygen atoms in total. The van der Waals surface area contributed by atoms with Gasteiger partial charge in [-0.05, 0) is 37.5 Å². The first kappa shape index (κ1) is 4.60. The minimum atomic E-state index is 0.647. The molecule has 2 rings (SSSR count). The summed E-state index contributed by atoms with van der Waals surface area (Å²) in [4.78, 5) is 0. The Balaban J connectivity index is 2.13. The van der Waals surface area contributed by atoms with E-state index in [1.54, 1.807) is 0 Å². The number of hydrogen-bond acceptors (Lipinski definition) is 0. The Labute approximate surface area is 50.6 Å². The summed E-state index contributed by atoms with van der Waals surface area (Å²) in [5.41, 5.74) is 0. The van der Waals surface area contributed by atoms with Crippen LogP contribution in [0.25, 0.3) is 0 Å². The maximum atomic E-state index is 4.03. The molecule has 2 aliphatic carbocycles. The topological polar surface area (TPSA) is 0 Å². The van der Waals surface area contributed by atoms with Gasteiger partial charge in [-0.15, -0.1) is 0 Å². The van der Waals surface area contributed by atoms with Gasteiger partial charge in [-0.25, -0.2) is 0 Å². The molecule has 0 N–H and O–H groups in total. The number of allylic oxidation sites excluding steroid dienone is 2. The summed E-state index contributed by atoms with van der Waals surface area (Å²) < 4.78 is 0. The summed E-state index contributed by atoms with van der Waals surface area (Å²) in [5.74, 6) is 2.65. The van der Waals surface area contributed by atoms with Gasteiger partial charge in [0.1, 0.15) is 0 Å². The lowest BCUT2D eigenvalue weighted by Crippen LogP contribution is -1.98. The van der Waals surface area contributed by atoms with Crippen molar-refractivity contribution in [3.63, 3.8) is 0 Å². The Morgan fingerprint density at radius 1 is 1.50 bits per heavy atom. The van der Waals surface area contributed by atoms with Crippen LogP contribution in [0.4, 0.5) is 0 Å². The molecule has 3 atom stereocenters. The molecule has 0 saturated heterocycles. The lowest BCUT2D eigenvalue weighted by Gasteiger charge is -2.07. The van der Waals surface area contributed by atoms with Crippen LogP contribution in [0.5, 0.6) is 0 Å². The van der Waals surface area contributed by atoms with Crippen LogP contribution >= 0.6 is 0 Å². The first-order chi connectivity index (χ1) is 3.88. The van der Waals surface area contributed by atoms with Gasteiger partial charge in [0.25, 0.3) is 0 Å². The zero-order valence-corrected chi connectivity index (χ0v) is 5.01. The van der Waals surface area contributed by atoms with Gasteiger partial charge in [-0.1, -0.05) is 12.2 Å². The quantitative estimate of drug-likeness (QED) is 0.415. The van der Waals surface area contributed by atoms with Crippen LogP contribution in [0, 0.1) is 24.7 Å². The van der Waals surface area contributed by atoms with E-state index in [1.165, 1.54) is 12.8 Å². The van der Waals surface area contributed by atoms with E-state index >= 15 is 0 Å². The minimum absolute atomic E-state index is 0.647. The predicted molar refractivity (Wildman–Crippen MR) is 34.2 cm³/mol. The van der Waals surface area contributed by atoms with Crippen LogP contribution in [-0.4, -0.2) is 0 Å². The molecule has 43 valence electrons. The molecule has 0 spiro atoms. The molecule has 1 fully saturated rings. The Morgan fingerprint density at radius 3 is 3.00 bits per heavy atom. The average Bonchev–Trinajstić information content (AvgIpc) is 2.45. The van der Waals surface area contributed by atoms with Crippen molar-refractivity contribution in [3.8, 4) is 0 Å². The van der Waals surface area contributed by atoms with E-state index in [4.69, 9.17) is 0 Å². The molecule has 0 aromatic carbocycles. The van der Waals surface area contributed by atoms with E-state index in [9.17, 15) is 0 Å². The predicted octanol–water partition coefficient (Wildman–Crippen LogP) is 2.03. The lowest BCUT2D eigenvalue weighted by molar-refractivity contribution is 0.589. The first-order valence-corrected chi connectivity index (χ1v) is 3.37. The molecule has 0 heteroatoms. The van der Waals surface area contributed by atoms with Crippen LogP contribution in [0.15, 0.2) is 12.2 Å². The number of rotatable bonds is 0. The Morgan fingerprint density at radius 2 is 2.38 bits per heavy atom. The summed E-state index contributed by atoms with van der Waals surface area (Å²) in [6.07, 6.45) is 7.32. The highest BCUT2D eigenvalue weighted by Crippen LogP contribution is 2.49. The van der Waals surface area contributed by atoms with Gasteiger partial charge in [0.2, 0.25) is 0 Å². The van der Waals surface area contributed by atoms with Crippen molar-refractivity contribution in [1.82, 2.24) is 0 Å². The maximum absolute atomic E-state index is 4.03. The molecule has 0 aromatic rings. The smallest absolute Gasteiger partial charge is 0.0202 e. The van der Waals surface area contributed by atoms with Crippen LogP contribution < -0.4 is 0 Å². The third-order valence-electron chi connectivity index (χ3n) is 2.35. The van der Waals surface area contributed by atoms with Gasteiger partial charge in [0.05, 0.1) is 0 Å². The molecule has 0 bridgehead atoms. The summed E-state index contributed by atoms with van der Waals surface area (Å²) >= 11 is 0. The van der Waals surface area contributed by atoms with Gasteiger partial charge < -0.3 is 0 Å². The van der Waals surface area contributed by atoms with E-state index in [0.29, 0.717) is 5.92 Å². The highest BCUT2D eigenvalue weighted by atomic mass is 14.5. The fraction of sp³-hybridized carbons (Fsp3) is 0.625. The van der Waals surface area contributed by atoms with Gasteiger partial charge >= 0.3 is 0 Å². The van der Waals surface area contributed by atoms with Crippen molar-refractivity contribution in [2.75, 3.05) is 0 Å². The van der Waals surface area contributed by atoms with Crippen molar-refractivity contribution < 1.29 is 0 Å². The Bertz CT molecular complexity index is 124. The second kappa shape index (κ2) is 1.37. The van der Waals surface area contributed by atoms with Crippen molar-refractivity contribution in [2.24, 2.45) is 17.8 Å². The van der Waals surface area contributed by atoms with E-state index in [-0.39, 0.29) is 0 Å². The molecule has 0 aromatic heterocycles. The van der Waals surface area contributed by atoms with E-state index in [0.717, 1.165) is 11.8 Å². The largest absolute Gasteiger partial charge is 0.0880 e. The maximum Gasteiger partial charge on any atom is -0.0202 e. The van der Waals surface area contributed by atoms with Gasteiger partial charge in [0.15, 0.2) is 0 Å². The van der Waals surface area contributed by atoms with Gasteiger partial charge in [0, 0.05) is 0 Å². The first-order valence-electron chi connectivity index (χ1n) is 3.37. The van der Waals surface area contributed by atoms with E-state index < -0.39 is 0 Å². The summed E-state index contributed by atoms with van der Waals surface area (Å²) in [6, 6.07) is 0. The normalized spacial score (nSPS) is 50.9. The monoisotopic (exact) mass is 107 g/mol. The Hall–Kier alpha value is -0.260. The third-order valence-corrected chi connectivity index (χ3v) is 2.35. The molecule has 0 aliphatic heterocycles. The van der Waals surface area contributed by atoms with Gasteiger partial charge in [-0.3, -0.25) is 0 Å². The second-order valence-corrected chi connectivity index (χ2v) is 2.99. The molecule has 0 amide bonds. The van der Waals surface area contributed by atoms with Crippen LogP contribution in [0.3, 0.4) is 0 Å². The summed E-state index contributed by atoms with van der Waals surface area (Å²) in [6.45, 7) is 4.03. The highest BCUT2D eigenvalue weighted by Gasteiger charge is 2.40. The Kier molecular flexibility index (Phi) is 0.787. The second-order valence-electron chi connectivity index (χ2n) is 2.99. The molecule has 1 radical (unpaired) electrons. The molecule has 1 saturated carbocycles. The molecular weight excluding hydrogens is 96.1 g/mol. The fourth-order valence-electron chi connectivity index (χ4n) is 1.64. The number of hydrogen-bond donors (Lipinski definition) is 0. The average molecular weight is 107 g/mol. The van der Waals surface area contributed by atoms with Crippen molar-refractivity contribution in [3.05, 3.63) is 19.1 Å². The molecular formula is C8H11. The zero-order valence-electron chi connectivity index (χ0n) is 5.01. The van der Waals surface area contributed by atoms with Crippen molar-refractivity contribution in [1.29, 1.82) is 0 Å². The SMILES string of the molecule is [CH2]C1C=CCC2CC12. The molecule has 8 heavy (non-hydrogen) atoms. The minimum Gasteiger partial charge on any atom is -0.0880 e. The van der Waals surface area contributed by atoms with Crippen LogP contribution in [0.2, 0.25) is 0 Å². The molecule has 2 aliphatic rings. The summed E-state index contributed by atoms with van der Waals surface area (Å²) in [5, 5.41) is 0. The van der Waals surface area contributed by atoms with E-state index in [2.05, 4.69) is 19.1 Å². The number of fused-ring (bicyclic) bond motifs is 1. The highest BCUT2D eigenvalue weighted by molar-refractivity contribution is 5.09. The fourth-order valence-corrected chi connectivity index (χ4v) is 1.64. The molecule has 0 heterocycles. The standard InChI is InChI=1S/C8H11/c1-6-3-2-4-7-5-8(6)7/h2-3,6-8H,1,4-5H2. The van der Waals surface area contributed by atoms with Crippen molar-refractivity contribution in [2.45, 2.75) is 12.8 Å². The van der Waals surface area contributed by atoms with Gasteiger partial charge in [-0.2, -0.15) is 0 Å². The zero-order chi connectivity index (χ0) is 5.56. The summed E-state index contributed by atoms with van der Waals surface area (Å²) in [7, 11) is 0. The third kappa shape index (κ3) is 0.521. The lowest BCUT2D eigenvalue weighted by atomic mass is 9.98.